The third kappa shape index (κ3) is 4.73. The zero-order valence-electron chi connectivity index (χ0n) is 12.6. The quantitative estimate of drug-likeness (QED) is 0.804. The second-order valence-corrected chi connectivity index (χ2v) is 6.09. The molecule has 0 aromatic carbocycles. The van der Waals surface area contributed by atoms with E-state index in [4.69, 9.17) is 5.11 Å². The van der Waals surface area contributed by atoms with Crippen LogP contribution >= 0.6 is 0 Å². The van der Waals surface area contributed by atoms with Crippen LogP contribution in [-0.4, -0.2) is 15.8 Å². The van der Waals surface area contributed by atoms with Crippen molar-refractivity contribution in [2.24, 2.45) is 5.92 Å². The van der Waals surface area contributed by atoms with Crippen LogP contribution in [0.25, 0.3) is 0 Å². The number of pyridine rings is 1. The zero-order chi connectivity index (χ0) is 15.1. The average molecular weight is 291 g/mol. The van der Waals surface area contributed by atoms with Gasteiger partial charge in [0.1, 0.15) is 0 Å². The summed E-state index contributed by atoms with van der Waals surface area (Å²) in [5, 5.41) is 8.91. The third-order valence-electron chi connectivity index (χ3n) is 4.52. The predicted octanol–water partition coefficient (Wildman–Crippen LogP) is 4.06. The Labute approximate surface area is 125 Å². The van der Waals surface area contributed by atoms with Crippen molar-refractivity contribution in [2.75, 3.05) is 0 Å². The molecule has 1 fully saturated rings. The highest BCUT2D eigenvalue weighted by molar-refractivity contribution is 5.67. The van der Waals surface area contributed by atoms with E-state index >= 15 is 0 Å². The number of hydrogen-bond donors (Lipinski definition) is 1. The van der Waals surface area contributed by atoms with Crippen molar-refractivity contribution in [2.45, 2.75) is 64.2 Å². The molecule has 1 aromatic heterocycles. The van der Waals surface area contributed by atoms with Gasteiger partial charge in [0.25, 0.3) is 5.56 Å². The van der Waals surface area contributed by atoms with E-state index in [-0.39, 0.29) is 0 Å². The van der Waals surface area contributed by atoms with Crippen LogP contribution in [0.1, 0.15) is 63.4 Å². The molecule has 1 aliphatic rings. The number of nitrogens with zero attached hydrogens (tertiary/aromatic N) is 1. The second kappa shape index (κ2) is 8.01. The van der Waals surface area contributed by atoms with Crippen LogP contribution < -0.4 is 5.56 Å². The Kier molecular flexibility index (Phi) is 6.03. The Hall–Kier alpha value is -1.58. The number of unbranched alkanes of at least 4 members (excludes halogenated alkanes) is 2. The molecule has 2 rings (SSSR count). The Morgan fingerprint density at radius 2 is 1.95 bits per heavy atom. The van der Waals surface area contributed by atoms with E-state index in [0.29, 0.717) is 12.0 Å². The summed E-state index contributed by atoms with van der Waals surface area (Å²) in [6.45, 7) is 0. The largest absolute Gasteiger partial charge is 0.464 e. The minimum absolute atomic E-state index is 0.391. The van der Waals surface area contributed by atoms with E-state index in [1.54, 1.807) is 12.1 Å². The first-order valence-electron chi connectivity index (χ1n) is 8.12. The second-order valence-electron chi connectivity index (χ2n) is 6.09. The number of carbonyl (C=O) groups is 1. The van der Waals surface area contributed by atoms with E-state index < -0.39 is 11.7 Å². The highest BCUT2D eigenvalue weighted by atomic mass is 16.4. The van der Waals surface area contributed by atoms with Crippen molar-refractivity contribution in [3.8, 4) is 0 Å². The maximum atomic E-state index is 11.9. The molecule has 0 aliphatic heterocycles. The van der Waals surface area contributed by atoms with Crippen LogP contribution in [0.15, 0.2) is 23.1 Å². The normalized spacial score (nSPS) is 16.0. The molecular formula is C17H25NO3. The molecule has 4 nitrogen and oxygen atoms in total. The standard InChI is InChI=1S/C17H25NO3/c19-16-15(12-7-13-18(16)17(20)21)11-6-2-5-10-14-8-3-1-4-9-14/h7,12-14H,1-6,8-11H2,(H,20,21). The van der Waals surface area contributed by atoms with Gasteiger partial charge in [-0.25, -0.2) is 9.36 Å². The van der Waals surface area contributed by atoms with E-state index in [1.807, 2.05) is 0 Å². The van der Waals surface area contributed by atoms with Gasteiger partial charge in [0, 0.05) is 11.8 Å². The van der Waals surface area contributed by atoms with Crippen molar-refractivity contribution >= 4 is 6.09 Å². The fourth-order valence-corrected chi connectivity index (χ4v) is 3.28. The van der Waals surface area contributed by atoms with Gasteiger partial charge < -0.3 is 5.11 Å². The highest BCUT2D eigenvalue weighted by Gasteiger charge is 2.12. The molecule has 1 heterocycles. The Morgan fingerprint density at radius 3 is 2.67 bits per heavy atom. The van der Waals surface area contributed by atoms with Gasteiger partial charge in [-0.05, 0) is 24.8 Å². The average Bonchev–Trinajstić information content (AvgIpc) is 2.49. The lowest BCUT2D eigenvalue weighted by molar-refractivity contribution is 0.195. The molecule has 0 unspecified atom stereocenters. The maximum Gasteiger partial charge on any atom is 0.418 e. The predicted molar refractivity (Wildman–Crippen MR) is 82.9 cm³/mol. The molecule has 0 saturated heterocycles. The van der Waals surface area contributed by atoms with Gasteiger partial charge in [-0.15, -0.1) is 0 Å². The summed E-state index contributed by atoms with van der Waals surface area (Å²) in [4.78, 5) is 22.8. The van der Waals surface area contributed by atoms with Crippen molar-refractivity contribution in [3.05, 3.63) is 34.2 Å². The third-order valence-corrected chi connectivity index (χ3v) is 4.52. The molecular weight excluding hydrogens is 266 g/mol. The van der Waals surface area contributed by atoms with Gasteiger partial charge >= 0.3 is 6.09 Å². The Balaban J connectivity index is 1.72. The lowest BCUT2D eigenvalue weighted by Crippen LogP contribution is -2.27. The van der Waals surface area contributed by atoms with Crippen LogP contribution in [-0.2, 0) is 6.42 Å². The first kappa shape index (κ1) is 15.8. The fourth-order valence-electron chi connectivity index (χ4n) is 3.28. The number of rotatable bonds is 6. The number of hydrogen-bond acceptors (Lipinski definition) is 2. The number of carboxylic acid groups (broad SMARTS) is 1. The zero-order valence-corrected chi connectivity index (χ0v) is 12.6. The molecule has 1 saturated carbocycles. The van der Waals surface area contributed by atoms with Crippen molar-refractivity contribution in [3.63, 3.8) is 0 Å². The van der Waals surface area contributed by atoms with E-state index in [9.17, 15) is 9.59 Å². The molecule has 4 heteroatoms. The van der Waals surface area contributed by atoms with Crippen molar-refractivity contribution < 1.29 is 9.90 Å². The topological polar surface area (TPSA) is 59.3 Å². The molecule has 0 radical (unpaired) electrons. The van der Waals surface area contributed by atoms with Gasteiger partial charge in [-0.2, -0.15) is 0 Å². The molecule has 1 N–H and O–H groups in total. The van der Waals surface area contributed by atoms with Gasteiger partial charge in [0.15, 0.2) is 0 Å². The smallest absolute Gasteiger partial charge is 0.418 e. The highest BCUT2D eigenvalue weighted by Crippen LogP contribution is 2.27. The maximum absolute atomic E-state index is 11.9. The van der Waals surface area contributed by atoms with Crippen LogP contribution in [0.3, 0.4) is 0 Å². The van der Waals surface area contributed by atoms with Gasteiger partial charge in [0.2, 0.25) is 0 Å². The summed E-state index contributed by atoms with van der Waals surface area (Å²) in [7, 11) is 0. The molecule has 21 heavy (non-hydrogen) atoms. The Morgan fingerprint density at radius 1 is 1.19 bits per heavy atom. The van der Waals surface area contributed by atoms with Crippen molar-refractivity contribution in [1.82, 2.24) is 4.57 Å². The number of aromatic nitrogens is 1. The summed E-state index contributed by atoms with van der Waals surface area (Å²) in [6, 6.07) is 3.37. The van der Waals surface area contributed by atoms with Gasteiger partial charge in [-0.1, -0.05) is 57.4 Å². The molecule has 1 aromatic rings. The molecule has 0 bridgehead atoms. The van der Waals surface area contributed by atoms with E-state index in [1.165, 1.54) is 51.1 Å². The first-order valence-corrected chi connectivity index (χ1v) is 8.12. The summed E-state index contributed by atoms with van der Waals surface area (Å²) in [5.74, 6) is 0.916. The molecule has 116 valence electrons. The molecule has 0 spiro atoms. The molecule has 1 aliphatic carbocycles. The van der Waals surface area contributed by atoms with Gasteiger partial charge in [0.05, 0.1) is 0 Å². The monoisotopic (exact) mass is 291 g/mol. The van der Waals surface area contributed by atoms with E-state index in [2.05, 4.69) is 0 Å². The van der Waals surface area contributed by atoms with Crippen LogP contribution in [0.5, 0.6) is 0 Å². The lowest BCUT2D eigenvalue weighted by Gasteiger charge is -2.21. The lowest BCUT2D eigenvalue weighted by atomic mass is 9.85. The summed E-state index contributed by atoms with van der Waals surface area (Å²) in [6.07, 6.45) is 12.4. The summed E-state index contributed by atoms with van der Waals surface area (Å²) >= 11 is 0. The van der Waals surface area contributed by atoms with Crippen LogP contribution in [0, 0.1) is 5.92 Å². The van der Waals surface area contributed by atoms with Crippen LogP contribution in [0.4, 0.5) is 4.79 Å². The SMILES string of the molecule is O=C(O)n1cccc(CCCCCC2CCCCC2)c1=O. The fraction of sp³-hybridized carbons (Fsp3) is 0.647. The Bertz CT molecular complexity index is 515. The van der Waals surface area contributed by atoms with Crippen LogP contribution in [0.2, 0.25) is 0 Å². The molecule has 0 amide bonds. The minimum Gasteiger partial charge on any atom is -0.464 e. The van der Waals surface area contributed by atoms with E-state index in [0.717, 1.165) is 23.3 Å². The summed E-state index contributed by atoms with van der Waals surface area (Å²) < 4.78 is 0.761. The number of aryl methyl sites for hydroxylation is 1. The minimum atomic E-state index is -1.21. The van der Waals surface area contributed by atoms with Crippen molar-refractivity contribution in [1.29, 1.82) is 0 Å². The first-order chi connectivity index (χ1) is 10.2. The van der Waals surface area contributed by atoms with Gasteiger partial charge in [-0.3, -0.25) is 4.79 Å². The molecule has 0 atom stereocenters. The summed E-state index contributed by atoms with van der Waals surface area (Å²) in [5.41, 5.74) is 0.217.